The second-order valence-corrected chi connectivity index (χ2v) is 6.25. The summed E-state index contributed by atoms with van der Waals surface area (Å²) in [6, 6.07) is 0. The second kappa shape index (κ2) is 6.93. The third-order valence-electron chi connectivity index (χ3n) is 4.07. The van der Waals surface area contributed by atoms with Gasteiger partial charge in [0, 0.05) is 12.8 Å². The van der Waals surface area contributed by atoms with Crippen molar-refractivity contribution in [3.8, 4) is 0 Å². The van der Waals surface area contributed by atoms with Crippen molar-refractivity contribution in [1.82, 2.24) is 0 Å². The Kier molecular flexibility index (Phi) is 5.84. The zero-order valence-corrected chi connectivity index (χ0v) is 13.1. The molecule has 0 N–H and O–H groups in total. The van der Waals surface area contributed by atoms with Crippen molar-refractivity contribution >= 4 is 5.97 Å². The number of rotatable bonds is 5. The molecule has 108 valence electrons. The van der Waals surface area contributed by atoms with Crippen LogP contribution in [-0.4, -0.2) is 11.6 Å². The van der Waals surface area contributed by atoms with Crippen molar-refractivity contribution in [2.24, 2.45) is 5.92 Å². The van der Waals surface area contributed by atoms with E-state index >= 15 is 0 Å². The van der Waals surface area contributed by atoms with E-state index < -0.39 is 0 Å². The third-order valence-corrected chi connectivity index (χ3v) is 4.07. The van der Waals surface area contributed by atoms with E-state index in [1.54, 1.807) is 0 Å². The van der Waals surface area contributed by atoms with Gasteiger partial charge in [-0.2, -0.15) is 0 Å². The number of hydrogen-bond donors (Lipinski definition) is 0. The van der Waals surface area contributed by atoms with Gasteiger partial charge in [-0.15, -0.1) is 0 Å². The molecule has 1 aliphatic rings. The summed E-state index contributed by atoms with van der Waals surface area (Å²) in [5, 5.41) is 0. The van der Waals surface area contributed by atoms with Gasteiger partial charge in [-0.05, 0) is 59.8 Å². The summed E-state index contributed by atoms with van der Waals surface area (Å²) in [6.07, 6.45) is 9.71. The van der Waals surface area contributed by atoms with Crippen molar-refractivity contribution in [2.45, 2.75) is 72.3 Å². The minimum atomic E-state index is -0.324. The Labute approximate surface area is 117 Å². The number of hydrogen-bond acceptors (Lipinski definition) is 2. The molecule has 0 spiro atoms. The van der Waals surface area contributed by atoms with Crippen LogP contribution in [0.25, 0.3) is 0 Å². The molecule has 0 radical (unpaired) electrons. The Bertz CT molecular complexity index is 375. The lowest BCUT2D eigenvalue weighted by molar-refractivity contribution is -0.162. The first-order chi connectivity index (χ1) is 8.83. The van der Waals surface area contributed by atoms with Gasteiger partial charge in [0.2, 0.25) is 0 Å². The largest absolute Gasteiger partial charge is 0.459 e. The van der Waals surface area contributed by atoms with Gasteiger partial charge >= 0.3 is 5.97 Å². The number of esters is 1. The molecule has 0 aromatic carbocycles. The third kappa shape index (κ3) is 5.22. The average Bonchev–Trinajstić information content (AvgIpc) is 2.28. The lowest BCUT2D eigenvalue weighted by atomic mass is 9.76. The molecule has 2 heteroatoms. The molecule has 1 rings (SSSR count). The fourth-order valence-electron chi connectivity index (χ4n) is 2.83. The predicted molar refractivity (Wildman–Crippen MR) is 79.9 cm³/mol. The van der Waals surface area contributed by atoms with Gasteiger partial charge in [0.1, 0.15) is 5.60 Å². The normalized spacial score (nSPS) is 22.2. The summed E-state index contributed by atoms with van der Waals surface area (Å²) in [5.41, 5.74) is 2.46. The van der Waals surface area contributed by atoms with Crippen LogP contribution in [0, 0.1) is 5.92 Å². The maximum absolute atomic E-state index is 11.4. The van der Waals surface area contributed by atoms with Crippen molar-refractivity contribution in [3.05, 3.63) is 23.3 Å². The van der Waals surface area contributed by atoms with Crippen LogP contribution in [0.4, 0.5) is 0 Å². The van der Waals surface area contributed by atoms with E-state index in [4.69, 9.17) is 4.74 Å². The van der Waals surface area contributed by atoms with Crippen LogP contribution in [0.3, 0.4) is 0 Å². The summed E-state index contributed by atoms with van der Waals surface area (Å²) in [7, 11) is 0. The Hall–Kier alpha value is -1.05. The Morgan fingerprint density at radius 1 is 1.47 bits per heavy atom. The minimum Gasteiger partial charge on any atom is -0.459 e. The molecule has 19 heavy (non-hydrogen) atoms. The van der Waals surface area contributed by atoms with Gasteiger partial charge in [-0.25, -0.2) is 0 Å². The molecule has 0 aromatic rings. The summed E-state index contributed by atoms with van der Waals surface area (Å²) >= 11 is 0. The zero-order valence-electron chi connectivity index (χ0n) is 13.1. The van der Waals surface area contributed by atoms with Crippen LogP contribution in [0.5, 0.6) is 0 Å². The smallest absolute Gasteiger partial charge is 0.303 e. The fourth-order valence-corrected chi connectivity index (χ4v) is 2.83. The zero-order chi connectivity index (χ0) is 14.5. The minimum absolute atomic E-state index is 0.161. The van der Waals surface area contributed by atoms with Crippen LogP contribution >= 0.6 is 0 Å². The molecule has 0 aromatic heterocycles. The lowest BCUT2D eigenvalue weighted by Crippen LogP contribution is -2.40. The predicted octanol–water partition coefficient (Wildman–Crippen LogP) is 4.80. The maximum atomic E-state index is 11.4. The topological polar surface area (TPSA) is 26.3 Å². The van der Waals surface area contributed by atoms with Gasteiger partial charge in [0.25, 0.3) is 0 Å². The van der Waals surface area contributed by atoms with Crippen molar-refractivity contribution in [3.63, 3.8) is 0 Å². The molecule has 0 saturated heterocycles. The standard InChI is InChI=1S/C17H28O2/c1-13(2)7-6-12-17(5,19-15(4)18)16-10-8-14(3)9-11-16/h7-8,16H,6,9-12H2,1-5H3/t16?,17-/m0/s1. The van der Waals surface area contributed by atoms with E-state index in [-0.39, 0.29) is 11.6 Å². The van der Waals surface area contributed by atoms with E-state index in [1.807, 2.05) is 0 Å². The van der Waals surface area contributed by atoms with E-state index in [0.717, 1.165) is 32.1 Å². The second-order valence-electron chi connectivity index (χ2n) is 6.25. The van der Waals surface area contributed by atoms with Crippen LogP contribution < -0.4 is 0 Å². The maximum Gasteiger partial charge on any atom is 0.303 e. The van der Waals surface area contributed by atoms with Crippen LogP contribution in [-0.2, 0) is 9.53 Å². The Morgan fingerprint density at radius 3 is 2.63 bits per heavy atom. The Morgan fingerprint density at radius 2 is 2.16 bits per heavy atom. The van der Waals surface area contributed by atoms with Crippen molar-refractivity contribution < 1.29 is 9.53 Å². The van der Waals surface area contributed by atoms with Gasteiger partial charge < -0.3 is 4.74 Å². The molecule has 0 heterocycles. The first-order valence-electron chi connectivity index (χ1n) is 7.32. The molecular weight excluding hydrogens is 236 g/mol. The summed E-state index contributed by atoms with van der Waals surface area (Å²) in [4.78, 5) is 11.4. The fraction of sp³-hybridized carbons (Fsp3) is 0.706. The molecular formula is C17H28O2. The average molecular weight is 264 g/mol. The summed E-state index contributed by atoms with van der Waals surface area (Å²) in [6.45, 7) is 10.0. The van der Waals surface area contributed by atoms with E-state index in [0.29, 0.717) is 5.92 Å². The molecule has 1 unspecified atom stereocenters. The van der Waals surface area contributed by atoms with Crippen molar-refractivity contribution in [1.29, 1.82) is 0 Å². The molecule has 0 saturated carbocycles. The molecule has 2 atom stereocenters. The molecule has 0 bridgehead atoms. The lowest BCUT2D eigenvalue weighted by Gasteiger charge is -2.38. The van der Waals surface area contributed by atoms with Crippen LogP contribution in [0.2, 0.25) is 0 Å². The molecule has 0 amide bonds. The highest BCUT2D eigenvalue weighted by atomic mass is 16.6. The first-order valence-corrected chi connectivity index (χ1v) is 7.32. The first kappa shape index (κ1) is 16.0. The summed E-state index contributed by atoms with van der Waals surface area (Å²) < 4.78 is 5.70. The quantitative estimate of drug-likeness (QED) is 0.526. The van der Waals surface area contributed by atoms with Gasteiger partial charge in [0.05, 0.1) is 0 Å². The highest BCUT2D eigenvalue weighted by Crippen LogP contribution is 2.37. The van der Waals surface area contributed by atoms with Gasteiger partial charge in [-0.1, -0.05) is 23.3 Å². The van der Waals surface area contributed by atoms with Crippen LogP contribution in [0.15, 0.2) is 23.3 Å². The monoisotopic (exact) mass is 264 g/mol. The molecule has 0 fully saturated rings. The SMILES string of the molecule is CC(=O)O[C@@](C)(CCC=C(C)C)C1CC=C(C)CC1. The van der Waals surface area contributed by atoms with Crippen LogP contribution in [0.1, 0.15) is 66.7 Å². The molecule has 1 aliphatic carbocycles. The molecule has 0 aliphatic heterocycles. The highest BCUT2D eigenvalue weighted by Gasteiger charge is 2.36. The number of carbonyl (C=O) groups is 1. The number of carbonyl (C=O) groups excluding carboxylic acids is 1. The number of ether oxygens (including phenoxy) is 1. The molecule has 2 nitrogen and oxygen atoms in total. The van der Waals surface area contributed by atoms with Gasteiger partial charge in [0.15, 0.2) is 0 Å². The van der Waals surface area contributed by atoms with E-state index in [1.165, 1.54) is 18.1 Å². The van der Waals surface area contributed by atoms with E-state index in [9.17, 15) is 4.79 Å². The number of allylic oxidation sites excluding steroid dienone is 4. The van der Waals surface area contributed by atoms with Crippen molar-refractivity contribution in [2.75, 3.05) is 0 Å². The van der Waals surface area contributed by atoms with Gasteiger partial charge in [-0.3, -0.25) is 4.79 Å². The Balaban J connectivity index is 2.74. The van der Waals surface area contributed by atoms with E-state index in [2.05, 4.69) is 39.8 Å². The summed E-state index contributed by atoms with van der Waals surface area (Å²) in [5.74, 6) is 0.289. The highest BCUT2D eigenvalue weighted by molar-refractivity contribution is 5.66.